The molecule has 6 heteroatoms. The highest BCUT2D eigenvalue weighted by Crippen LogP contribution is 2.22. The third-order valence-corrected chi connectivity index (χ3v) is 2.98. The molecule has 1 aromatic carbocycles. The minimum absolute atomic E-state index is 0.349. The van der Waals surface area contributed by atoms with E-state index in [9.17, 15) is 0 Å². The van der Waals surface area contributed by atoms with Crippen LogP contribution in [0, 0.1) is 6.92 Å². The summed E-state index contributed by atoms with van der Waals surface area (Å²) < 4.78 is 8.04. The first-order chi connectivity index (χ1) is 9.60. The molecule has 5 nitrogen and oxygen atoms in total. The zero-order valence-electron chi connectivity index (χ0n) is 11.1. The van der Waals surface area contributed by atoms with Crippen molar-refractivity contribution in [1.29, 1.82) is 0 Å². The predicted octanol–water partition coefficient (Wildman–Crippen LogP) is 2.98. The number of aryl methyl sites for hydroxylation is 1. The van der Waals surface area contributed by atoms with Crippen molar-refractivity contribution in [2.45, 2.75) is 6.92 Å². The molecule has 1 heterocycles. The van der Waals surface area contributed by atoms with Gasteiger partial charge in [-0.2, -0.15) is 5.10 Å². The maximum absolute atomic E-state index is 5.74. The Balaban J connectivity index is 2.29. The molecular formula is C14H15BrN4O. The van der Waals surface area contributed by atoms with Crippen molar-refractivity contribution in [2.24, 2.45) is 5.10 Å². The number of nitrogen functional groups attached to an aromatic ring is 1. The number of ether oxygens (including phenoxy) is 1. The van der Waals surface area contributed by atoms with Crippen LogP contribution in [0.2, 0.25) is 0 Å². The van der Waals surface area contributed by atoms with E-state index < -0.39 is 0 Å². The van der Waals surface area contributed by atoms with Crippen LogP contribution in [-0.4, -0.2) is 22.5 Å². The van der Waals surface area contributed by atoms with Crippen LogP contribution in [-0.2, 0) is 0 Å². The number of hydrogen-bond donors (Lipinski definition) is 1. The summed E-state index contributed by atoms with van der Waals surface area (Å²) in [6.45, 7) is 5.93. The Morgan fingerprint density at radius 2 is 2.35 bits per heavy atom. The molecule has 20 heavy (non-hydrogen) atoms. The quantitative estimate of drug-likeness (QED) is 0.675. The van der Waals surface area contributed by atoms with Crippen LogP contribution in [0.25, 0.3) is 0 Å². The summed E-state index contributed by atoms with van der Waals surface area (Å²) in [5.74, 6) is 1.08. The molecule has 0 unspecified atom stereocenters. The monoisotopic (exact) mass is 334 g/mol. The van der Waals surface area contributed by atoms with Crippen LogP contribution in [0.5, 0.6) is 5.75 Å². The molecule has 0 atom stereocenters. The van der Waals surface area contributed by atoms with E-state index in [2.05, 4.69) is 32.6 Å². The topological polar surface area (TPSA) is 65.4 Å². The standard InChI is InChI=1S/C14H15BrN4O/c1-3-6-20-13-5-4-12(15)7-11(13)8-17-19-9-10(2)18-14(19)16/h3-5,7-9H,1,6H2,2H3,(H2,16,18). The highest BCUT2D eigenvalue weighted by molar-refractivity contribution is 9.10. The maximum Gasteiger partial charge on any atom is 0.221 e. The summed E-state index contributed by atoms with van der Waals surface area (Å²) in [4.78, 5) is 4.09. The molecule has 2 N–H and O–H groups in total. The summed E-state index contributed by atoms with van der Waals surface area (Å²) in [5, 5.41) is 4.28. The van der Waals surface area contributed by atoms with Crippen molar-refractivity contribution in [1.82, 2.24) is 9.66 Å². The minimum atomic E-state index is 0.349. The van der Waals surface area contributed by atoms with Crippen molar-refractivity contribution in [2.75, 3.05) is 12.3 Å². The Labute approximate surface area is 125 Å². The van der Waals surface area contributed by atoms with E-state index in [1.54, 1.807) is 18.5 Å². The Bertz CT molecular complexity index is 649. The van der Waals surface area contributed by atoms with Gasteiger partial charge in [0.15, 0.2) is 0 Å². The molecule has 0 amide bonds. The van der Waals surface area contributed by atoms with E-state index in [0.29, 0.717) is 12.6 Å². The van der Waals surface area contributed by atoms with Gasteiger partial charge in [0.2, 0.25) is 5.95 Å². The molecule has 104 valence electrons. The van der Waals surface area contributed by atoms with Crippen molar-refractivity contribution >= 4 is 28.1 Å². The number of anilines is 1. The molecular weight excluding hydrogens is 320 g/mol. The second kappa shape index (κ2) is 6.38. The second-order valence-corrected chi connectivity index (χ2v) is 5.03. The lowest BCUT2D eigenvalue weighted by molar-refractivity contribution is 0.362. The molecule has 0 radical (unpaired) electrons. The summed E-state index contributed by atoms with van der Waals surface area (Å²) in [6.07, 6.45) is 5.13. The molecule has 0 aliphatic heterocycles. The molecule has 0 bridgehead atoms. The molecule has 0 aliphatic rings. The van der Waals surface area contributed by atoms with Crippen LogP contribution in [0.3, 0.4) is 0 Å². The van der Waals surface area contributed by atoms with E-state index in [1.165, 1.54) is 4.68 Å². The normalized spacial score (nSPS) is 10.9. The predicted molar refractivity (Wildman–Crippen MR) is 84.2 cm³/mol. The highest BCUT2D eigenvalue weighted by Gasteiger charge is 2.03. The van der Waals surface area contributed by atoms with Gasteiger partial charge in [-0.1, -0.05) is 28.6 Å². The molecule has 0 fully saturated rings. The first-order valence-corrected chi connectivity index (χ1v) is 6.78. The fourth-order valence-corrected chi connectivity index (χ4v) is 2.00. The molecule has 0 saturated carbocycles. The van der Waals surface area contributed by atoms with Crippen LogP contribution >= 0.6 is 15.9 Å². The minimum Gasteiger partial charge on any atom is -0.489 e. The van der Waals surface area contributed by atoms with Gasteiger partial charge in [-0.3, -0.25) is 0 Å². The van der Waals surface area contributed by atoms with E-state index in [1.807, 2.05) is 25.1 Å². The third-order valence-electron chi connectivity index (χ3n) is 2.48. The third kappa shape index (κ3) is 3.48. The first-order valence-electron chi connectivity index (χ1n) is 5.99. The van der Waals surface area contributed by atoms with Gasteiger partial charge in [-0.05, 0) is 25.1 Å². The lowest BCUT2D eigenvalue weighted by Crippen LogP contribution is -1.99. The van der Waals surface area contributed by atoms with Gasteiger partial charge in [-0.25, -0.2) is 9.66 Å². The summed E-state index contributed by atoms with van der Waals surface area (Å²) >= 11 is 3.43. The average molecular weight is 335 g/mol. The van der Waals surface area contributed by atoms with Gasteiger partial charge >= 0.3 is 0 Å². The smallest absolute Gasteiger partial charge is 0.221 e. The number of halogens is 1. The van der Waals surface area contributed by atoms with Gasteiger partial charge in [0, 0.05) is 10.0 Å². The fraction of sp³-hybridized carbons (Fsp3) is 0.143. The number of nitrogens with zero attached hydrogens (tertiary/aromatic N) is 3. The number of hydrogen-bond acceptors (Lipinski definition) is 4. The van der Waals surface area contributed by atoms with Crippen molar-refractivity contribution in [3.05, 3.63) is 52.8 Å². The Morgan fingerprint density at radius 1 is 1.55 bits per heavy atom. The molecule has 0 saturated heterocycles. The molecule has 2 rings (SSSR count). The molecule has 0 spiro atoms. The zero-order valence-corrected chi connectivity index (χ0v) is 12.7. The van der Waals surface area contributed by atoms with Gasteiger partial charge in [0.25, 0.3) is 0 Å². The van der Waals surface area contributed by atoms with Crippen molar-refractivity contribution in [3.63, 3.8) is 0 Å². The molecule has 2 aromatic rings. The number of nitrogens with two attached hydrogens (primary N) is 1. The Morgan fingerprint density at radius 3 is 3.00 bits per heavy atom. The van der Waals surface area contributed by atoms with Crippen molar-refractivity contribution in [3.8, 4) is 5.75 Å². The van der Waals surface area contributed by atoms with Crippen LogP contribution in [0.1, 0.15) is 11.3 Å². The van der Waals surface area contributed by atoms with Gasteiger partial charge < -0.3 is 10.5 Å². The van der Waals surface area contributed by atoms with Crippen LogP contribution in [0.15, 0.2) is 46.6 Å². The van der Waals surface area contributed by atoms with E-state index >= 15 is 0 Å². The Hall–Kier alpha value is -2.08. The van der Waals surface area contributed by atoms with Crippen LogP contribution < -0.4 is 10.5 Å². The van der Waals surface area contributed by atoms with E-state index in [0.717, 1.165) is 21.5 Å². The maximum atomic E-state index is 5.74. The number of rotatable bonds is 5. The van der Waals surface area contributed by atoms with Gasteiger partial charge in [-0.15, -0.1) is 0 Å². The van der Waals surface area contributed by atoms with E-state index in [4.69, 9.17) is 10.5 Å². The van der Waals surface area contributed by atoms with Gasteiger partial charge in [0.1, 0.15) is 12.4 Å². The highest BCUT2D eigenvalue weighted by atomic mass is 79.9. The molecule has 0 aliphatic carbocycles. The summed E-state index contributed by atoms with van der Waals surface area (Å²) in [7, 11) is 0. The molecule has 1 aromatic heterocycles. The number of imidazole rings is 1. The average Bonchev–Trinajstić information content (AvgIpc) is 2.73. The first kappa shape index (κ1) is 14.3. The SMILES string of the molecule is C=CCOc1ccc(Br)cc1C=Nn1cc(C)nc1N. The second-order valence-electron chi connectivity index (χ2n) is 4.11. The van der Waals surface area contributed by atoms with Crippen LogP contribution in [0.4, 0.5) is 5.95 Å². The summed E-state index contributed by atoms with van der Waals surface area (Å²) in [5.41, 5.74) is 7.39. The van der Waals surface area contributed by atoms with Gasteiger partial charge in [0.05, 0.1) is 18.1 Å². The van der Waals surface area contributed by atoms with E-state index in [-0.39, 0.29) is 0 Å². The fourth-order valence-electron chi connectivity index (χ4n) is 1.62. The summed E-state index contributed by atoms with van der Waals surface area (Å²) in [6, 6.07) is 5.70. The zero-order chi connectivity index (χ0) is 14.5. The lowest BCUT2D eigenvalue weighted by atomic mass is 10.2. The Kier molecular flexibility index (Phi) is 4.57. The number of benzene rings is 1. The number of aromatic nitrogens is 2. The lowest BCUT2D eigenvalue weighted by Gasteiger charge is -2.07. The largest absolute Gasteiger partial charge is 0.489 e. The van der Waals surface area contributed by atoms with Crippen molar-refractivity contribution < 1.29 is 4.74 Å².